The minimum Gasteiger partial charge on any atom is -0.494 e. The molecule has 0 aliphatic carbocycles. The molecular weight excluding hydrogens is 290 g/mol. The van der Waals surface area contributed by atoms with E-state index in [0.717, 1.165) is 4.70 Å². The van der Waals surface area contributed by atoms with Crippen LogP contribution in [0.5, 0.6) is 5.75 Å². The molecule has 1 amide bonds. The molecule has 2 aromatic rings. The number of rotatable bonds is 5. The van der Waals surface area contributed by atoms with Crippen LogP contribution in [0.3, 0.4) is 0 Å². The van der Waals surface area contributed by atoms with Crippen molar-refractivity contribution in [3.05, 3.63) is 12.1 Å². The van der Waals surface area contributed by atoms with Gasteiger partial charge < -0.3 is 20.5 Å². The normalized spacial score (nSPS) is 11.6. The Labute approximate surface area is 127 Å². The van der Waals surface area contributed by atoms with Gasteiger partial charge in [0.2, 0.25) is 5.91 Å². The van der Waals surface area contributed by atoms with Crippen LogP contribution in [0.25, 0.3) is 10.2 Å². The summed E-state index contributed by atoms with van der Waals surface area (Å²) in [4.78, 5) is 16.4. The van der Waals surface area contributed by atoms with Crippen LogP contribution >= 0.6 is 11.3 Å². The number of methoxy groups -OCH3 is 2. The Balaban J connectivity index is 2.22. The van der Waals surface area contributed by atoms with Gasteiger partial charge in [-0.1, -0.05) is 11.3 Å². The molecule has 1 heterocycles. The van der Waals surface area contributed by atoms with Gasteiger partial charge in [0, 0.05) is 18.9 Å². The third-order valence-electron chi connectivity index (χ3n) is 3.09. The second-order valence-electron chi connectivity index (χ2n) is 5.28. The van der Waals surface area contributed by atoms with Gasteiger partial charge in [-0.05, 0) is 19.9 Å². The summed E-state index contributed by atoms with van der Waals surface area (Å²) >= 11 is 1.36. The first-order valence-corrected chi connectivity index (χ1v) is 7.25. The van der Waals surface area contributed by atoms with Gasteiger partial charge in [-0.15, -0.1) is 0 Å². The molecule has 3 N–H and O–H groups in total. The lowest BCUT2D eigenvalue weighted by Crippen LogP contribution is -2.29. The number of carbonyl (C=O) groups excluding carboxylic acids is 1. The van der Waals surface area contributed by atoms with E-state index in [2.05, 4.69) is 10.3 Å². The van der Waals surface area contributed by atoms with E-state index in [-0.39, 0.29) is 12.3 Å². The minimum atomic E-state index is -0.511. The number of aromatic nitrogens is 1. The SMILES string of the molecule is COc1cc(N)cc2sc(NC(=O)CC(C)(C)OC)nc12. The zero-order chi connectivity index (χ0) is 15.6. The van der Waals surface area contributed by atoms with Gasteiger partial charge in [0.05, 0.1) is 23.8 Å². The predicted molar refractivity (Wildman–Crippen MR) is 84.9 cm³/mol. The standard InChI is InChI=1S/C14H19N3O3S/c1-14(2,20-4)7-11(18)16-13-17-12-9(19-3)5-8(15)6-10(12)21-13/h5-6H,7,15H2,1-4H3,(H,16,17,18). The summed E-state index contributed by atoms with van der Waals surface area (Å²) < 4.78 is 11.4. The second-order valence-corrected chi connectivity index (χ2v) is 6.31. The highest BCUT2D eigenvalue weighted by Crippen LogP contribution is 2.34. The third-order valence-corrected chi connectivity index (χ3v) is 4.01. The first-order valence-electron chi connectivity index (χ1n) is 6.43. The van der Waals surface area contributed by atoms with Crippen LogP contribution in [0.2, 0.25) is 0 Å². The summed E-state index contributed by atoms with van der Waals surface area (Å²) in [7, 11) is 3.14. The first kappa shape index (κ1) is 15.5. The molecule has 0 unspecified atom stereocenters. The maximum atomic E-state index is 12.0. The van der Waals surface area contributed by atoms with E-state index in [9.17, 15) is 4.79 Å². The smallest absolute Gasteiger partial charge is 0.229 e. The number of ether oxygens (including phenoxy) is 2. The molecule has 21 heavy (non-hydrogen) atoms. The van der Waals surface area contributed by atoms with E-state index >= 15 is 0 Å². The predicted octanol–water partition coefficient (Wildman–Crippen LogP) is 2.64. The Morgan fingerprint density at radius 3 is 2.76 bits per heavy atom. The van der Waals surface area contributed by atoms with Gasteiger partial charge in [-0.3, -0.25) is 4.79 Å². The molecule has 1 aromatic heterocycles. The quantitative estimate of drug-likeness (QED) is 0.829. The maximum absolute atomic E-state index is 12.0. The monoisotopic (exact) mass is 309 g/mol. The molecule has 0 fully saturated rings. The number of hydrogen-bond acceptors (Lipinski definition) is 6. The number of nitrogens with two attached hydrogens (primary N) is 1. The minimum absolute atomic E-state index is 0.146. The number of fused-ring (bicyclic) bond motifs is 1. The van der Waals surface area contributed by atoms with Gasteiger partial charge in [0.25, 0.3) is 0 Å². The van der Waals surface area contributed by atoms with Crippen LogP contribution in [0, 0.1) is 0 Å². The number of nitrogens with zero attached hydrogens (tertiary/aromatic N) is 1. The Bertz CT molecular complexity index is 667. The van der Waals surface area contributed by atoms with Gasteiger partial charge in [-0.25, -0.2) is 4.98 Å². The van der Waals surface area contributed by atoms with Crippen molar-refractivity contribution in [2.75, 3.05) is 25.3 Å². The highest BCUT2D eigenvalue weighted by atomic mass is 32.1. The third kappa shape index (κ3) is 3.62. The summed E-state index contributed by atoms with van der Waals surface area (Å²) in [5.41, 5.74) is 6.59. The van der Waals surface area contributed by atoms with Crippen molar-refractivity contribution in [3.8, 4) is 5.75 Å². The van der Waals surface area contributed by atoms with E-state index in [1.54, 1.807) is 20.3 Å². The molecular formula is C14H19N3O3S. The number of anilines is 2. The van der Waals surface area contributed by atoms with Crippen LogP contribution in [0.4, 0.5) is 10.8 Å². The number of amides is 1. The van der Waals surface area contributed by atoms with Crippen molar-refractivity contribution in [3.63, 3.8) is 0 Å². The Kier molecular flexibility index (Phi) is 4.34. The van der Waals surface area contributed by atoms with E-state index < -0.39 is 5.60 Å². The van der Waals surface area contributed by atoms with Crippen LogP contribution in [0.15, 0.2) is 12.1 Å². The average Bonchev–Trinajstić information content (AvgIpc) is 2.78. The lowest BCUT2D eigenvalue weighted by atomic mass is 10.1. The molecule has 1 aromatic carbocycles. The van der Waals surface area contributed by atoms with E-state index in [4.69, 9.17) is 15.2 Å². The number of nitrogens with one attached hydrogen (secondary N) is 1. The van der Waals surface area contributed by atoms with Crippen molar-refractivity contribution >= 4 is 38.3 Å². The van der Waals surface area contributed by atoms with E-state index in [1.165, 1.54) is 11.3 Å². The molecule has 2 rings (SSSR count). The van der Waals surface area contributed by atoms with Gasteiger partial charge in [-0.2, -0.15) is 0 Å². The fourth-order valence-electron chi connectivity index (χ4n) is 1.85. The maximum Gasteiger partial charge on any atom is 0.229 e. The van der Waals surface area contributed by atoms with Crippen molar-refractivity contribution in [1.82, 2.24) is 4.98 Å². The molecule has 0 saturated heterocycles. The summed E-state index contributed by atoms with van der Waals surface area (Å²) in [6.45, 7) is 3.71. The molecule has 0 radical (unpaired) electrons. The second kappa shape index (κ2) is 5.87. The number of thiazole rings is 1. The molecule has 6 nitrogen and oxygen atoms in total. The number of carbonyl (C=O) groups is 1. The van der Waals surface area contributed by atoms with Gasteiger partial charge in [0.15, 0.2) is 5.13 Å². The van der Waals surface area contributed by atoms with Gasteiger partial charge >= 0.3 is 0 Å². The average molecular weight is 309 g/mol. The molecule has 0 atom stereocenters. The zero-order valence-electron chi connectivity index (χ0n) is 12.5. The number of nitrogen functional groups attached to an aromatic ring is 1. The Morgan fingerprint density at radius 2 is 2.14 bits per heavy atom. The fraction of sp³-hybridized carbons (Fsp3) is 0.429. The fourth-order valence-corrected chi connectivity index (χ4v) is 2.80. The molecule has 0 aliphatic rings. The van der Waals surface area contributed by atoms with Gasteiger partial charge in [0.1, 0.15) is 11.3 Å². The van der Waals surface area contributed by atoms with Crippen molar-refractivity contribution in [2.24, 2.45) is 0 Å². The van der Waals surface area contributed by atoms with Crippen LogP contribution in [-0.2, 0) is 9.53 Å². The number of benzene rings is 1. The largest absolute Gasteiger partial charge is 0.494 e. The lowest BCUT2D eigenvalue weighted by molar-refractivity contribution is -0.121. The molecule has 0 spiro atoms. The summed E-state index contributed by atoms with van der Waals surface area (Å²) in [5.74, 6) is 0.451. The molecule has 114 valence electrons. The lowest BCUT2D eigenvalue weighted by Gasteiger charge is -2.21. The molecule has 0 aliphatic heterocycles. The summed E-state index contributed by atoms with van der Waals surface area (Å²) in [6, 6.07) is 3.52. The summed E-state index contributed by atoms with van der Waals surface area (Å²) in [5, 5.41) is 3.30. The summed E-state index contributed by atoms with van der Waals surface area (Å²) in [6.07, 6.45) is 0.249. The zero-order valence-corrected chi connectivity index (χ0v) is 13.3. The first-order chi connectivity index (χ1) is 9.84. The molecule has 0 bridgehead atoms. The Hall–Kier alpha value is -1.86. The molecule has 0 saturated carbocycles. The topological polar surface area (TPSA) is 86.5 Å². The van der Waals surface area contributed by atoms with Crippen LogP contribution < -0.4 is 15.8 Å². The van der Waals surface area contributed by atoms with Crippen LogP contribution in [0.1, 0.15) is 20.3 Å². The van der Waals surface area contributed by atoms with Crippen molar-refractivity contribution in [2.45, 2.75) is 25.9 Å². The van der Waals surface area contributed by atoms with E-state index in [0.29, 0.717) is 22.1 Å². The highest BCUT2D eigenvalue weighted by molar-refractivity contribution is 7.22. The molecule has 7 heteroatoms. The van der Waals surface area contributed by atoms with Crippen LogP contribution in [-0.4, -0.2) is 30.7 Å². The van der Waals surface area contributed by atoms with Crippen molar-refractivity contribution in [1.29, 1.82) is 0 Å². The van der Waals surface area contributed by atoms with E-state index in [1.807, 2.05) is 19.9 Å². The van der Waals surface area contributed by atoms with Crippen molar-refractivity contribution < 1.29 is 14.3 Å². The highest BCUT2D eigenvalue weighted by Gasteiger charge is 2.22. The number of hydrogen-bond donors (Lipinski definition) is 2. The Morgan fingerprint density at radius 1 is 1.43 bits per heavy atom.